The van der Waals surface area contributed by atoms with Crippen LogP contribution in [0, 0.1) is 0 Å². The second kappa shape index (κ2) is 6.66. The third-order valence-corrected chi connectivity index (χ3v) is 3.37. The number of carbonyl (C=O) groups is 1. The fourth-order valence-electron chi connectivity index (χ4n) is 1.13. The van der Waals surface area contributed by atoms with Gasteiger partial charge in [0.25, 0.3) is 0 Å². The molecule has 0 aliphatic heterocycles. The SMILES string of the molecule is CCCSCC(=O)Nc1ccc(Cl)c(N)c1. The van der Waals surface area contributed by atoms with Crippen LogP contribution >= 0.6 is 23.4 Å². The van der Waals surface area contributed by atoms with Crippen molar-refractivity contribution in [3.63, 3.8) is 0 Å². The first kappa shape index (κ1) is 13.2. The summed E-state index contributed by atoms with van der Waals surface area (Å²) in [5.74, 6) is 1.45. The molecular weight excluding hydrogens is 244 g/mol. The molecule has 0 saturated carbocycles. The number of thioether (sulfide) groups is 1. The molecular formula is C11H15ClN2OS. The van der Waals surface area contributed by atoms with Crippen molar-refractivity contribution < 1.29 is 4.79 Å². The minimum atomic E-state index is -0.0137. The summed E-state index contributed by atoms with van der Waals surface area (Å²) in [6.45, 7) is 2.09. The highest BCUT2D eigenvalue weighted by molar-refractivity contribution is 7.99. The zero-order valence-corrected chi connectivity index (χ0v) is 10.7. The summed E-state index contributed by atoms with van der Waals surface area (Å²) in [7, 11) is 0. The van der Waals surface area contributed by atoms with Gasteiger partial charge in [-0.1, -0.05) is 18.5 Å². The number of amides is 1. The third-order valence-electron chi connectivity index (χ3n) is 1.86. The Morgan fingerprint density at radius 3 is 2.94 bits per heavy atom. The van der Waals surface area contributed by atoms with Crippen molar-refractivity contribution in [2.45, 2.75) is 13.3 Å². The number of hydrogen-bond donors (Lipinski definition) is 2. The van der Waals surface area contributed by atoms with Crippen molar-refractivity contribution in [1.82, 2.24) is 0 Å². The highest BCUT2D eigenvalue weighted by Gasteiger charge is 2.03. The standard InChI is InChI=1S/C11H15ClN2OS/c1-2-5-16-7-11(15)14-8-3-4-9(12)10(13)6-8/h3-4,6H,2,5,7,13H2,1H3,(H,14,15). The van der Waals surface area contributed by atoms with E-state index in [2.05, 4.69) is 12.2 Å². The van der Waals surface area contributed by atoms with Gasteiger partial charge in [-0.05, 0) is 30.4 Å². The average Bonchev–Trinajstić information content (AvgIpc) is 2.24. The molecule has 0 aliphatic rings. The Morgan fingerprint density at radius 1 is 1.56 bits per heavy atom. The van der Waals surface area contributed by atoms with Crippen LogP contribution in [-0.4, -0.2) is 17.4 Å². The summed E-state index contributed by atoms with van der Waals surface area (Å²) in [4.78, 5) is 11.5. The highest BCUT2D eigenvalue weighted by Crippen LogP contribution is 2.22. The fraction of sp³-hybridized carbons (Fsp3) is 0.364. The number of rotatable bonds is 5. The number of nitrogen functional groups attached to an aromatic ring is 1. The summed E-state index contributed by atoms with van der Waals surface area (Å²) in [6, 6.07) is 5.07. The molecule has 1 rings (SSSR count). The van der Waals surface area contributed by atoms with E-state index in [1.165, 1.54) is 0 Å². The van der Waals surface area contributed by atoms with Gasteiger partial charge in [0.1, 0.15) is 0 Å². The average molecular weight is 259 g/mol. The van der Waals surface area contributed by atoms with Crippen molar-refractivity contribution in [2.75, 3.05) is 22.6 Å². The van der Waals surface area contributed by atoms with E-state index >= 15 is 0 Å². The van der Waals surface area contributed by atoms with Gasteiger partial charge >= 0.3 is 0 Å². The minimum absolute atomic E-state index is 0.0137. The second-order valence-electron chi connectivity index (χ2n) is 3.34. The lowest BCUT2D eigenvalue weighted by Crippen LogP contribution is -2.14. The Bertz CT molecular complexity index is 371. The highest BCUT2D eigenvalue weighted by atomic mass is 35.5. The van der Waals surface area contributed by atoms with Crippen LogP contribution < -0.4 is 11.1 Å². The molecule has 16 heavy (non-hydrogen) atoms. The van der Waals surface area contributed by atoms with Crippen LogP contribution in [0.25, 0.3) is 0 Å². The molecule has 1 amide bonds. The van der Waals surface area contributed by atoms with Gasteiger partial charge in [-0.3, -0.25) is 4.79 Å². The second-order valence-corrected chi connectivity index (χ2v) is 4.85. The number of benzene rings is 1. The molecule has 5 heteroatoms. The van der Waals surface area contributed by atoms with Gasteiger partial charge in [0.2, 0.25) is 5.91 Å². The van der Waals surface area contributed by atoms with E-state index in [4.69, 9.17) is 17.3 Å². The normalized spacial score (nSPS) is 10.1. The Hall–Kier alpha value is -0.870. The molecule has 0 unspecified atom stereocenters. The number of nitrogens with two attached hydrogens (primary N) is 1. The molecule has 88 valence electrons. The lowest BCUT2D eigenvalue weighted by molar-refractivity contribution is -0.113. The maximum Gasteiger partial charge on any atom is 0.234 e. The zero-order valence-electron chi connectivity index (χ0n) is 9.13. The molecule has 0 radical (unpaired) electrons. The summed E-state index contributed by atoms with van der Waals surface area (Å²) < 4.78 is 0. The van der Waals surface area contributed by atoms with Crippen molar-refractivity contribution >= 4 is 40.6 Å². The van der Waals surface area contributed by atoms with Crippen LogP contribution in [0.4, 0.5) is 11.4 Å². The zero-order chi connectivity index (χ0) is 12.0. The van der Waals surface area contributed by atoms with E-state index in [1.807, 2.05) is 0 Å². The number of hydrogen-bond acceptors (Lipinski definition) is 3. The van der Waals surface area contributed by atoms with Gasteiger partial charge in [-0.15, -0.1) is 0 Å². The molecule has 0 bridgehead atoms. The van der Waals surface area contributed by atoms with Gasteiger partial charge < -0.3 is 11.1 Å². The smallest absolute Gasteiger partial charge is 0.234 e. The number of anilines is 2. The molecule has 0 aliphatic carbocycles. The summed E-state index contributed by atoms with van der Waals surface area (Å²) in [5, 5.41) is 3.27. The van der Waals surface area contributed by atoms with Gasteiger partial charge in [0, 0.05) is 5.69 Å². The Kier molecular flexibility index (Phi) is 5.49. The molecule has 0 spiro atoms. The van der Waals surface area contributed by atoms with Gasteiger partial charge in [0.05, 0.1) is 16.5 Å². The van der Waals surface area contributed by atoms with E-state index in [0.717, 1.165) is 12.2 Å². The number of carbonyl (C=O) groups excluding carboxylic acids is 1. The lowest BCUT2D eigenvalue weighted by atomic mass is 10.3. The van der Waals surface area contributed by atoms with Crippen molar-refractivity contribution in [3.05, 3.63) is 23.2 Å². The first-order valence-electron chi connectivity index (χ1n) is 5.06. The van der Waals surface area contributed by atoms with Crippen LogP contribution in [0.2, 0.25) is 5.02 Å². The lowest BCUT2D eigenvalue weighted by Gasteiger charge is -2.06. The molecule has 0 fully saturated rings. The van der Waals surface area contributed by atoms with Crippen molar-refractivity contribution in [1.29, 1.82) is 0 Å². The molecule has 0 atom stereocenters. The maximum atomic E-state index is 11.5. The van der Waals surface area contributed by atoms with E-state index in [0.29, 0.717) is 22.2 Å². The molecule has 3 N–H and O–H groups in total. The molecule has 0 aromatic heterocycles. The summed E-state index contributed by atoms with van der Waals surface area (Å²) >= 11 is 7.40. The third kappa shape index (κ3) is 4.33. The molecule has 0 heterocycles. The van der Waals surface area contributed by atoms with E-state index in [-0.39, 0.29) is 5.91 Å². The fourth-order valence-corrected chi connectivity index (χ4v) is 1.94. The van der Waals surface area contributed by atoms with Crippen LogP contribution in [0.15, 0.2) is 18.2 Å². The molecule has 3 nitrogen and oxygen atoms in total. The quantitative estimate of drug-likeness (QED) is 0.631. The maximum absolute atomic E-state index is 11.5. The van der Waals surface area contributed by atoms with E-state index < -0.39 is 0 Å². The van der Waals surface area contributed by atoms with Crippen LogP contribution in [-0.2, 0) is 4.79 Å². The predicted octanol–water partition coefficient (Wildman–Crippen LogP) is 3.00. The van der Waals surface area contributed by atoms with Gasteiger partial charge in [-0.25, -0.2) is 0 Å². The van der Waals surface area contributed by atoms with Gasteiger partial charge in [0.15, 0.2) is 0 Å². The van der Waals surface area contributed by atoms with E-state index in [1.54, 1.807) is 30.0 Å². The summed E-state index contributed by atoms with van der Waals surface area (Å²) in [5.41, 5.74) is 6.79. The van der Waals surface area contributed by atoms with Crippen LogP contribution in [0.5, 0.6) is 0 Å². The Morgan fingerprint density at radius 2 is 2.31 bits per heavy atom. The summed E-state index contributed by atoms with van der Waals surface area (Å²) in [6.07, 6.45) is 1.08. The molecule has 0 saturated heterocycles. The molecule has 1 aromatic rings. The van der Waals surface area contributed by atoms with Crippen LogP contribution in [0.1, 0.15) is 13.3 Å². The van der Waals surface area contributed by atoms with E-state index in [9.17, 15) is 4.79 Å². The first-order valence-corrected chi connectivity index (χ1v) is 6.59. The topological polar surface area (TPSA) is 55.1 Å². The number of halogens is 1. The first-order chi connectivity index (χ1) is 7.63. The number of nitrogens with one attached hydrogen (secondary N) is 1. The van der Waals surface area contributed by atoms with Crippen molar-refractivity contribution in [3.8, 4) is 0 Å². The Labute approximate surface area is 105 Å². The predicted molar refractivity (Wildman–Crippen MR) is 72.1 cm³/mol. The van der Waals surface area contributed by atoms with Gasteiger partial charge in [-0.2, -0.15) is 11.8 Å². The van der Waals surface area contributed by atoms with Crippen molar-refractivity contribution in [2.24, 2.45) is 0 Å². The Balaban J connectivity index is 2.46. The molecule has 1 aromatic carbocycles. The largest absolute Gasteiger partial charge is 0.397 e. The van der Waals surface area contributed by atoms with Crippen LogP contribution in [0.3, 0.4) is 0 Å². The minimum Gasteiger partial charge on any atom is -0.397 e. The monoisotopic (exact) mass is 258 g/mol.